The molecule has 1 heterocycles. The Morgan fingerprint density at radius 1 is 1.03 bits per heavy atom. The van der Waals surface area contributed by atoms with Crippen LogP contribution in [0.15, 0.2) is 47.1 Å². The fourth-order valence-corrected chi connectivity index (χ4v) is 9.10. The second-order valence-electron chi connectivity index (χ2n) is 12.3. The largest absolute Gasteiger partial charge is 0.458 e. The van der Waals surface area contributed by atoms with Crippen LogP contribution in [0.4, 0.5) is 5.69 Å². The number of hydrogen-bond acceptors (Lipinski definition) is 7. The van der Waals surface area contributed by atoms with Crippen molar-refractivity contribution in [1.29, 1.82) is 0 Å². The monoisotopic (exact) mass is 494 g/mol. The Hall–Kier alpha value is -2.22. The van der Waals surface area contributed by atoms with Crippen molar-refractivity contribution in [2.75, 3.05) is 12.0 Å². The molecule has 4 saturated carbocycles. The summed E-state index contributed by atoms with van der Waals surface area (Å²) in [5.74, 6) is -0.0496. The highest BCUT2D eigenvalue weighted by Crippen LogP contribution is 2.70. The SMILES string of the molecule is C[C@]12CC[C@H]3[C@@H](CC[C@]4(O)C[C@@H](O)CC[C@]34C=NNc3ccccc3)[C@@]1(O)CC[C@@H]2C1=CC(=O)OC1. The first kappa shape index (κ1) is 24.1. The molecule has 36 heavy (non-hydrogen) atoms. The Labute approximate surface area is 212 Å². The quantitative estimate of drug-likeness (QED) is 0.288. The number of carbonyl (C=O) groups excluding carboxylic acids is 1. The van der Waals surface area contributed by atoms with Gasteiger partial charge in [0, 0.05) is 29.5 Å². The number of nitrogens with one attached hydrogen (secondary N) is 1. The maximum Gasteiger partial charge on any atom is 0.331 e. The second-order valence-corrected chi connectivity index (χ2v) is 12.3. The van der Waals surface area contributed by atoms with Gasteiger partial charge < -0.3 is 20.1 Å². The van der Waals surface area contributed by atoms with Gasteiger partial charge in [-0.2, -0.15) is 5.10 Å². The minimum absolute atomic E-state index is 0.0265. The number of anilines is 1. The third-order valence-corrected chi connectivity index (χ3v) is 10.9. The van der Waals surface area contributed by atoms with Crippen molar-refractivity contribution < 1.29 is 24.9 Å². The summed E-state index contributed by atoms with van der Waals surface area (Å²) in [7, 11) is 0. The average Bonchev–Trinajstić information content (AvgIpc) is 3.40. The molecular formula is C29H38N2O5. The van der Waals surface area contributed by atoms with Crippen molar-refractivity contribution in [2.24, 2.45) is 33.7 Å². The smallest absolute Gasteiger partial charge is 0.331 e. The molecule has 0 amide bonds. The lowest BCUT2D eigenvalue weighted by molar-refractivity contribution is -0.237. The van der Waals surface area contributed by atoms with Gasteiger partial charge in [0.15, 0.2) is 0 Å². The van der Waals surface area contributed by atoms with Gasteiger partial charge in [-0.1, -0.05) is 25.1 Å². The topological polar surface area (TPSA) is 111 Å². The molecule has 5 aliphatic rings. The second kappa shape index (κ2) is 8.40. The number of aliphatic hydroxyl groups is 3. The number of rotatable bonds is 4. The zero-order valence-electron chi connectivity index (χ0n) is 21.0. The molecule has 0 unspecified atom stereocenters. The van der Waals surface area contributed by atoms with E-state index in [0.29, 0.717) is 38.7 Å². The lowest BCUT2D eigenvalue weighted by Gasteiger charge is -2.65. The molecule has 194 valence electrons. The van der Waals surface area contributed by atoms with E-state index in [1.54, 1.807) is 6.08 Å². The van der Waals surface area contributed by atoms with Gasteiger partial charge in [-0.05, 0) is 86.8 Å². The summed E-state index contributed by atoms with van der Waals surface area (Å²) in [6.07, 6.45) is 9.15. The maximum atomic E-state index is 12.5. The first-order chi connectivity index (χ1) is 17.2. The number of fused-ring (bicyclic) bond motifs is 5. The molecule has 1 aromatic carbocycles. The van der Waals surface area contributed by atoms with Gasteiger partial charge in [-0.15, -0.1) is 0 Å². The summed E-state index contributed by atoms with van der Waals surface area (Å²) in [6.45, 7) is 2.54. The Bertz CT molecular complexity index is 1090. The molecule has 7 nitrogen and oxygen atoms in total. The van der Waals surface area contributed by atoms with E-state index in [1.807, 2.05) is 36.5 Å². The molecule has 8 atom stereocenters. The number of para-hydroxylation sites is 1. The van der Waals surface area contributed by atoms with E-state index in [9.17, 15) is 20.1 Å². The molecule has 4 fully saturated rings. The Morgan fingerprint density at radius 3 is 2.56 bits per heavy atom. The van der Waals surface area contributed by atoms with Crippen LogP contribution in [0.25, 0.3) is 0 Å². The van der Waals surface area contributed by atoms with Crippen molar-refractivity contribution >= 4 is 17.9 Å². The molecule has 0 radical (unpaired) electrons. The molecular weight excluding hydrogens is 456 g/mol. The molecule has 0 aromatic heterocycles. The molecule has 6 rings (SSSR count). The number of hydrazone groups is 1. The summed E-state index contributed by atoms with van der Waals surface area (Å²) in [5.41, 5.74) is 2.16. The summed E-state index contributed by atoms with van der Waals surface area (Å²) >= 11 is 0. The van der Waals surface area contributed by atoms with Gasteiger partial charge in [-0.25, -0.2) is 4.79 Å². The van der Waals surface area contributed by atoms with Crippen LogP contribution in [0, 0.1) is 28.6 Å². The number of nitrogens with zero attached hydrogens (tertiary/aromatic N) is 1. The minimum atomic E-state index is -1.05. The van der Waals surface area contributed by atoms with E-state index in [2.05, 4.69) is 17.5 Å². The summed E-state index contributed by atoms with van der Waals surface area (Å²) in [6, 6.07) is 9.77. The van der Waals surface area contributed by atoms with E-state index in [0.717, 1.165) is 36.9 Å². The van der Waals surface area contributed by atoms with Gasteiger partial charge in [0.05, 0.1) is 23.0 Å². The van der Waals surface area contributed by atoms with Crippen molar-refractivity contribution in [3.8, 4) is 0 Å². The van der Waals surface area contributed by atoms with Crippen molar-refractivity contribution in [3.05, 3.63) is 42.0 Å². The van der Waals surface area contributed by atoms with Crippen LogP contribution in [0.3, 0.4) is 0 Å². The zero-order valence-corrected chi connectivity index (χ0v) is 21.0. The van der Waals surface area contributed by atoms with Gasteiger partial charge in [-0.3, -0.25) is 5.43 Å². The molecule has 0 saturated heterocycles. The summed E-state index contributed by atoms with van der Waals surface area (Å²) in [5, 5.41) is 39.7. The summed E-state index contributed by atoms with van der Waals surface area (Å²) < 4.78 is 5.24. The fraction of sp³-hybridized carbons (Fsp3) is 0.655. The number of benzene rings is 1. The van der Waals surface area contributed by atoms with Gasteiger partial charge >= 0.3 is 5.97 Å². The normalized spacial score (nSPS) is 46.0. The van der Waals surface area contributed by atoms with Crippen molar-refractivity contribution in [3.63, 3.8) is 0 Å². The third-order valence-electron chi connectivity index (χ3n) is 10.9. The van der Waals surface area contributed by atoms with E-state index in [4.69, 9.17) is 4.74 Å². The number of cyclic esters (lactones) is 1. The maximum absolute atomic E-state index is 12.5. The van der Waals surface area contributed by atoms with E-state index < -0.39 is 22.7 Å². The Morgan fingerprint density at radius 2 is 1.81 bits per heavy atom. The van der Waals surface area contributed by atoms with Crippen molar-refractivity contribution in [1.82, 2.24) is 0 Å². The van der Waals surface area contributed by atoms with Crippen LogP contribution in [-0.2, 0) is 9.53 Å². The molecule has 4 N–H and O–H groups in total. The Kier molecular flexibility index (Phi) is 5.63. The number of aliphatic hydroxyl groups excluding tert-OH is 1. The first-order valence-corrected chi connectivity index (χ1v) is 13.6. The summed E-state index contributed by atoms with van der Waals surface area (Å²) in [4.78, 5) is 11.8. The van der Waals surface area contributed by atoms with Crippen LogP contribution >= 0.6 is 0 Å². The number of esters is 1. The predicted octanol–water partition coefficient (Wildman–Crippen LogP) is 3.80. The van der Waals surface area contributed by atoms with E-state index >= 15 is 0 Å². The highest BCUT2D eigenvalue weighted by molar-refractivity contribution is 5.85. The number of hydrogen-bond donors (Lipinski definition) is 4. The zero-order chi connectivity index (χ0) is 25.2. The van der Waals surface area contributed by atoms with Crippen LogP contribution in [0.2, 0.25) is 0 Å². The molecule has 7 heteroatoms. The number of carbonyl (C=O) groups is 1. The van der Waals surface area contributed by atoms with Crippen LogP contribution in [-0.4, -0.2) is 51.4 Å². The van der Waals surface area contributed by atoms with Gasteiger partial charge in [0.25, 0.3) is 0 Å². The predicted molar refractivity (Wildman–Crippen MR) is 136 cm³/mol. The minimum Gasteiger partial charge on any atom is -0.458 e. The van der Waals surface area contributed by atoms with Gasteiger partial charge in [0.2, 0.25) is 0 Å². The van der Waals surface area contributed by atoms with Crippen LogP contribution < -0.4 is 5.43 Å². The van der Waals surface area contributed by atoms with Crippen molar-refractivity contribution in [2.45, 2.75) is 82.0 Å². The third kappa shape index (κ3) is 3.35. The average molecular weight is 495 g/mol. The molecule has 1 aliphatic heterocycles. The lowest BCUT2D eigenvalue weighted by atomic mass is 9.41. The standard InChI is InChI=1S/C29H38N2O5/c1-26-11-8-23-24(29(26,35)14-10-22(26)19-15-25(33)36-17-19)9-13-28(34)16-21(32)7-12-27(23,28)18-30-31-20-5-3-2-4-6-20/h2-6,15,18,21-24,31-32,34-35H,7-14,16-17H2,1H3/t21-,22+,23-,24+,26+,27-,28-,29-/m0/s1. The molecule has 0 bridgehead atoms. The van der Waals surface area contributed by atoms with Gasteiger partial charge in [0.1, 0.15) is 6.61 Å². The van der Waals surface area contributed by atoms with E-state index in [1.165, 1.54) is 0 Å². The molecule has 4 aliphatic carbocycles. The highest BCUT2D eigenvalue weighted by atomic mass is 16.5. The Balaban J connectivity index is 1.35. The van der Waals surface area contributed by atoms with Crippen LogP contribution in [0.1, 0.15) is 64.7 Å². The first-order valence-electron chi connectivity index (χ1n) is 13.6. The molecule has 1 aromatic rings. The van der Waals surface area contributed by atoms with Crippen LogP contribution in [0.5, 0.6) is 0 Å². The molecule has 0 spiro atoms. The fourth-order valence-electron chi connectivity index (χ4n) is 9.10. The number of ether oxygens (including phenoxy) is 1. The van der Waals surface area contributed by atoms with E-state index in [-0.39, 0.29) is 29.1 Å². The highest BCUT2D eigenvalue weighted by Gasteiger charge is 2.71. The lowest BCUT2D eigenvalue weighted by Crippen LogP contribution is -2.68.